The summed E-state index contributed by atoms with van der Waals surface area (Å²) in [5, 5.41) is 8.79. The highest BCUT2D eigenvalue weighted by atomic mass is 32.2. The van der Waals surface area contributed by atoms with Crippen LogP contribution >= 0.6 is 0 Å². The van der Waals surface area contributed by atoms with Crippen LogP contribution in [0.15, 0.2) is 45.7 Å². The van der Waals surface area contributed by atoms with E-state index in [9.17, 15) is 9.00 Å². The second-order valence-electron chi connectivity index (χ2n) is 5.84. The van der Waals surface area contributed by atoms with Gasteiger partial charge in [0.05, 0.1) is 16.6 Å². The van der Waals surface area contributed by atoms with Gasteiger partial charge in [-0.1, -0.05) is 32.9 Å². The maximum atomic E-state index is 12.3. The van der Waals surface area contributed by atoms with Crippen LogP contribution in [-0.4, -0.2) is 15.3 Å². The monoisotopic (exact) mass is 306 g/mol. The van der Waals surface area contributed by atoms with Crippen molar-refractivity contribution in [2.45, 2.75) is 36.8 Å². The van der Waals surface area contributed by atoms with Crippen molar-refractivity contribution in [1.82, 2.24) is 0 Å². The van der Waals surface area contributed by atoms with Crippen molar-refractivity contribution in [3.63, 3.8) is 0 Å². The zero-order valence-electron chi connectivity index (χ0n) is 12.3. The molecule has 1 aromatic carbocycles. The zero-order valence-corrected chi connectivity index (χ0v) is 13.1. The van der Waals surface area contributed by atoms with Gasteiger partial charge in [0.1, 0.15) is 5.76 Å². The van der Waals surface area contributed by atoms with Gasteiger partial charge in [0.15, 0.2) is 0 Å². The van der Waals surface area contributed by atoms with Crippen LogP contribution in [0, 0.1) is 0 Å². The molecule has 0 aliphatic carbocycles. The number of rotatable bonds is 4. The van der Waals surface area contributed by atoms with E-state index in [1.807, 2.05) is 24.3 Å². The smallest absolute Gasteiger partial charge is 0.371 e. The Balaban J connectivity index is 2.11. The largest absolute Gasteiger partial charge is 0.475 e. The third-order valence-corrected chi connectivity index (χ3v) is 4.47. The molecule has 5 heteroatoms. The van der Waals surface area contributed by atoms with Gasteiger partial charge in [-0.25, -0.2) is 4.79 Å². The summed E-state index contributed by atoms with van der Waals surface area (Å²) < 4.78 is 17.4. The molecule has 0 aliphatic rings. The highest BCUT2D eigenvalue weighted by molar-refractivity contribution is 7.84. The number of hydrogen-bond acceptors (Lipinski definition) is 3. The number of carboxylic acids is 1. The van der Waals surface area contributed by atoms with Crippen LogP contribution in [0.2, 0.25) is 0 Å². The van der Waals surface area contributed by atoms with Gasteiger partial charge in [-0.15, -0.1) is 0 Å². The Morgan fingerprint density at radius 3 is 2.24 bits per heavy atom. The molecule has 1 aromatic heterocycles. The Morgan fingerprint density at radius 1 is 1.14 bits per heavy atom. The normalized spacial score (nSPS) is 13.1. The van der Waals surface area contributed by atoms with Crippen molar-refractivity contribution in [3.8, 4) is 0 Å². The van der Waals surface area contributed by atoms with Gasteiger partial charge in [0.2, 0.25) is 5.76 Å². The lowest BCUT2D eigenvalue weighted by molar-refractivity contribution is 0.0661. The predicted molar refractivity (Wildman–Crippen MR) is 80.9 cm³/mol. The van der Waals surface area contributed by atoms with Crippen LogP contribution in [0.3, 0.4) is 0 Å². The van der Waals surface area contributed by atoms with Gasteiger partial charge >= 0.3 is 5.97 Å². The van der Waals surface area contributed by atoms with E-state index in [-0.39, 0.29) is 16.9 Å². The highest BCUT2D eigenvalue weighted by Gasteiger charge is 2.15. The van der Waals surface area contributed by atoms with Crippen molar-refractivity contribution in [2.24, 2.45) is 0 Å². The lowest BCUT2D eigenvalue weighted by Crippen LogP contribution is -2.10. The van der Waals surface area contributed by atoms with Crippen LogP contribution in [0.4, 0.5) is 0 Å². The molecule has 4 nitrogen and oxygen atoms in total. The first kappa shape index (κ1) is 15.5. The van der Waals surface area contributed by atoms with E-state index in [0.717, 1.165) is 0 Å². The zero-order chi connectivity index (χ0) is 15.6. The van der Waals surface area contributed by atoms with E-state index in [4.69, 9.17) is 9.52 Å². The lowest BCUT2D eigenvalue weighted by Gasteiger charge is -2.18. The molecule has 0 bridgehead atoms. The summed E-state index contributed by atoms with van der Waals surface area (Å²) >= 11 is 0. The molecule has 0 saturated carbocycles. The first-order valence-electron chi connectivity index (χ1n) is 6.58. The van der Waals surface area contributed by atoms with E-state index in [1.165, 1.54) is 11.6 Å². The first-order valence-corrected chi connectivity index (χ1v) is 7.90. The van der Waals surface area contributed by atoms with Crippen LogP contribution in [0.25, 0.3) is 0 Å². The van der Waals surface area contributed by atoms with Gasteiger partial charge in [-0.05, 0) is 35.2 Å². The molecule has 0 radical (unpaired) electrons. The van der Waals surface area contributed by atoms with E-state index in [2.05, 4.69) is 20.8 Å². The lowest BCUT2D eigenvalue weighted by atomic mass is 9.87. The molecule has 112 valence electrons. The molecule has 1 unspecified atom stereocenters. The molecule has 2 aromatic rings. The minimum atomic E-state index is -1.26. The molecule has 1 atom stereocenters. The van der Waals surface area contributed by atoms with Gasteiger partial charge < -0.3 is 9.52 Å². The Hall–Kier alpha value is -1.88. The first-order chi connectivity index (χ1) is 9.77. The van der Waals surface area contributed by atoms with E-state index in [1.54, 1.807) is 6.07 Å². The molecule has 0 fully saturated rings. The fraction of sp³-hybridized carbons (Fsp3) is 0.312. The van der Waals surface area contributed by atoms with Gasteiger partial charge in [-0.3, -0.25) is 4.21 Å². The minimum absolute atomic E-state index is 0.0530. The molecular weight excluding hydrogens is 288 g/mol. The summed E-state index contributed by atoms with van der Waals surface area (Å²) in [6, 6.07) is 10.5. The van der Waals surface area contributed by atoms with Gasteiger partial charge in [-0.2, -0.15) is 0 Å². The summed E-state index contributed by atoms with van der Waals surface area (Å²) in [6.45, 7) is 6.36. The Bertz CT molecular complexity index is 662. The van der Waals surface area contributed by atoms with Crippen molar-refractivity contribution in [3.05, 3.63) is 53.5 Å². The summed E-state index contributed by atoms with van der Waals surface area (Å²) in [4.78, 5) is 11.4. The molecule has 0 aliphatic heterocycles. The number of furan rings is 1. The highest BCUT2D eigenvalue weighted by Crippen LogP contribution is 2.23. The minimum Gasteiger partial charge on any atom is -0.475 e. The van der Waals surface area contributed by atoms with Crippen LogP contribution in [-0.2, 0) is 22.0 Å². The SMILES string of the molecule is CC(C)(C)c1ccc(S(=O)Cc2ccc(C(=O)O)o2)cc1. The maximum absolute atomic E-state index is 12.3. The fourth-order valence-corrected chi connectivity index (χ4v) is 2.91. The molecule has 0 amide bonds. The average molecular weight is 306 g/mol. The predicted octanol–water partition coefficient (Wildman–Crippen LogP) is 3.58. The topological polar surface area (TPSA) is 67.5 Å². The quantitative estimate of drug-likeness (QED) is 0.937. The number of aromatic carboxylic acids is 1. The van der Waals surface area contributed by atoms with Crippen molar-refractivity contribution >= 4 is 16.8 Å². The van der Waals surface area contributed by atoms with Gasteiger partial charge in [0, 0.05) is 4.90 Å². The fourth-order valence-electron chi connectivity index (χ4n) is 1.89. The van der Waals surface area contributed by atoms with Crippen LogP contribution in [0.5, 0.6) is 0 Å². The molecule has 1 N–H and O–H groups in total. The number of benzene rings is 1. The van der Waals surface area contributed by atoms with E-state index < -0.39 is 16.8 Å². The summed E-state index contributed by atoms with van der Waals surface area (Å²) in [5.74, 6) is -0.681. The molecule has 21 heavy (non-hydrogen) atoms. The number of hydrogen-bond donors (Lipinski definition) is 1. The second-order valence-corrected chi connectivity index (χ2v) is 7.29. The molecule has 0 spiro atoms. The standard InChI is InChI=1S/C16H18O4S/c1-16(2,3)11-4-7-13(8-5-11)21(19)10-12-6-9-14(20-12)15(17)18/h4-9H,10H2,1-3H3,(H,17,18). The maximum Gasteiger partial charge on any atom is 0.371 e. The molecule has 0 saturated heterocycles. The molecular formula is C16H18O4S. The number of carbonyl (C=O) groups is 1. The van der Waals surface area contributed by atoms with Gasteiger partial charge in [0.25, 0.3) is 0 Å². The average Bonchev–Trinajstić information content (AvgIpc) is 2.86. The Morgan fingerprint density at radius 2 is 1.76 bits per heavy atom. The Kier molecular flexibility index (Phi) is 4.32. The van der Waals surface area contributed by atoms with E-state index >= 15 is 0 Å². The van der Waals surface area contributed by atoms with Crippen LogP contribution in [0.1, 0.15) is 42.6 Å². The molecule has 1 heterocycles. The van der Waals surface area contributed by atoms with Crippen molar-refractivity contribution in [2.75, 3.05) is 0 Å². The Labute approximate surface area is 126 Å². The summed E-state index contributed by atoms with van der Waals surface area (Å²) in [5.41, 5.74) is 1.23. The third kappa shape index (κ3) is 3.82. The van der Waals surface area contributed by atoms with Crippen molar-refractivity contribution < 1.29 is 18.5 Å². The summed E-state index contributed by atoms with van der Waals surface area (Å²) in [6.07, 6.45) is 0. The second kappa shape index (κ2) is 5.85. The van der Waals surface area contributed by atoms with Crippen LogP contribution < -0.4 is 0 Å². The molecule has 2 rings (SSSR count). The van der Waals surface area contributed by atoms with E-state index in [0.29, 0.717) is 10.7 Å². The third-order valence-electron chi connectivity index (χ3n) is 3.13. The number of carboxylic acid groups (broad SMARTS) is 1. The van der Waals surface area contributed by atoms with Crippen molar-refractivity contribution in [1.29, 1.82) is 0 Å². The summed E-state index contributed by atoms with van der Waals surface area (Å²) in [7, 11) is -1.26.